The molecule has 1 spiro atoms. The molecule has 0 N–H and O–H groups in total. The maximum absolute atomic E-state index is 14.5. The smallest absolute Gasteiger partial charge is 0.240 e. The quantitative estimate of drug-likeness (QED) is 0.547. The van der Waals surface area contributed by atoms with Crippen LogP contribution in [0.15, 0.2) is 54.7 Å². The van der Waals surface area contributed by atoms with Gasteiger partial charge in [-0.2, -0.15) is 0 Å². The molecule has 8 heteroatoms. The highest BCUT2D eigenvalue weighted by molar-refractivity contribution is 6.09. The fourth-order valence-corrected chi connectivity index (χ4v) is 6.18. The number of amides is 2. The van der Waals surface area contributed by atoms with Crippen molar-refractivity contribution in [2.45, 2.75) is 50.2 Å². The molecule has 1 saturated carbocycles. The van der Waals surface area contributed by atoms with Gasteiger partial charge in [-0.25, -0.2) is 0 Å². The van der Waals surface area contributed by atoms with Crippen LogP contribution in [-0.2, 0) is 28.1 Å². The van der Waals surface area contributed by atoms with Crippen LogP contribution in [0.2, 0.25) is 0 Å². The average molecular weight is 470 g/mol. The lowest BCUT2D eigenvalue weighted by atomic mass is 9.72. The van der Waals surface area contributed by atoms with Gasteiger partial charge >= 0.3 is 0 Å². The Morgan fingerprint density at radius 3 is 2.86 bits per heavy atom. The number of nitrogens with zero attached hydrogens (tertiary/aromatic N) is 5. The Morgan fingerprint density at radius 2 is 1.97 bits per heavy atom. The molecule has 178 valence electrons. The van der Waals surface area contributed by atoms with E-state index < -0.39 is 5.41 Å². The number of anilines is 1. The first-order valence-corrected chi connectivity index (χ1v) is 12.5. The predicted octanol–water partition coefficient (Wildman–Crippen LogP) is 3.23. The van der Waals surface area contributed by atoms with Crippen molar-refractivity contribution in [3.05, 3.63) is 71.5 Å². The molecule has 4 heterocycles. The SMILES string of the molecule is O=C(C1CC1)N1CC[C@@]23C(=O)N(Cc4cn(nn4)CCCOc4cccc(c4)[C@H]12)c1ccccc13. The number of hydrogen-bond acceptors (Lipinski definition) is 5. The fraction of sp³-hybridized carbons (Fsp3) is 0.407. The van der Waals surface area contributed by atoms with Gasteiger partial charge in [0.1, 0.15) is 16.9 Å². The molecular weight excluding hydrogens is 442 g/mol. The highest BCUT2D eigenvalue weighted by Crippen LogP contribution is 2.57. The van der Waals surface area contributed by atoms with Crippen molar-refractivity contribution in [2.75, 3.05) is 18.1 Å². The first-order chi connectivity index (χ1) is 17.1. The fourth-order valence-electron chi connectivity index (χ4n) is 6.18. The summed E-state index contributed by atoms with van der Waals surface area (Å²) in [6.45, 7) is 2.16. The Kier molecular flexibility index (Phi) is 4.53. The number of aromatic nitrogens is 3. The number of rotatable bonds is 1. The molecule has 35 heavy (non-hydrogen) atoms. The first-order valence-electron chi connectivity index (χ1n) is 12.5. The molecule has 3 aliphatic heterocycles. The van der Waals surface area contributed by atoms with Gasteiger partial charge < -0.3 is 14.5 Å². The molecule has 1 aliphatic carbocycles. The highest BCUT2D eigenvalue weighted by Gasteiger charge is 2.62. The molecule has 2 amide bonds. The first kappa shape index (κ1) is 20.7. The number of hydrogen-bond donors (Lipinski definition) is 0. The van der Waals surface area contributed by atoms with Gasteiger partial charge in [-0.05, 0) is 48.6 Å². The Labute approximate surface area is 203 Å². The van der Waals surface area contributed by atoms with E-state index in [1.54, 1.807) is 0 Å². The van der Waals surface area contributed by atoms with E-state index in [1.807, 2.05) is 63.1 Å². The number of likely N-dealkylation sites (tertiary alicyclic amines) is 1. The normalized spacial score (nSPS) is 25.4. The standard InChI is InChI=1S/C27H27N5O3/c33-25(18-9-10-18)31-13-11-27-22-7-1-2-8-23(22)32(26(27)34)17-20-16-30(29-28-20)12-4-14-35-21-6-3-5-19(15-21)24(27)31/h1-3,5-8,15-16,18,24H,4,9-14,17H2/t24-,27-/m0/s1. The van der Waals surface area contributed by atoms with Crippen LogP contribution in [0, 0.1) is 5.92 Å². The summed E-state index contributed by atoms with van der Waals surface area (Å²) in [6.07, 6.45) is 5.17. The third-order valence-electron chi connectivity index (χ3n) is 7.92. The van der Waals surface area contributed by atoms with Gasteiger partial charge in [0, 0.05) is 31.1 Å². The molecule has 0 unspecified atom stereocenters. The van der Waals surface area contributed by atoms with Gasteiger partial charge in [-0.1, -0.05) is 35.5 Å². The third kappa shape index (κ3) is 3.12. The molecule has 3 aromatic rings. The Hall–Kier alpha value is -3.68. The number of carbonyl (C=O) groups is 2. The summed E-state index contributed by atoms with van der Waals surface area (Å²) in [7, 11) is 0. The van der Waals surface area contributed by atoms with Crippen molar-refractivity contribution in [3.8, 4) is 5.75 Å². The van der Waals surface area contributed by atoms with Crippen LogP contribution in [0.1, 0.15) is 48.5 Å². The minimum Gasteiger partial charge on any atom is -0.494 e. The van der Waals surface area contributed by atoms with Crippen molar-refractivity contribution >= 4 is 17.5 Å². The second-order valence-corrected chi connectivity index (χ2v) is 10.1. The maximum Gasteiger partial charge on any atom is 0.240 e. The summed E-state index contributed by atoms with van der Waals surface area (Å²) in [6, 6.07) is 15.6. The molecule has 2 atom stereocenters. The van der Waals surface area contributed by atoms with Crippen molar-refractivity contribution in [1.82, 2.24) is 19.9 Å². The van der Waals surface area contributed by atoms with Crippen LogP contribution in [0.4, 0.5) is 5.69 Å². The number of para-hydroxylation sites is 1. The second-order valence-electron chi connectivity index (χ2n) is 10.1. The third-order valence-corrected chi connectivity index (χ3v) is 7.92. The maximum atomic E-state index is 14.5. The van der Waals surface area contributed by atoms with E-state index in [-0.39, 0.29) is 23.8 Å². The van der Waals surface area contributed by atoms with Gasteiger partial charge in [0.15, 0.2) is 0 Å². The van der Waals surface area contributed by atoms with Gasteiger partial charge in [-0.15, -0.1) is 5.10 Å². The summed E-state index contributed by atoms with van der Waals surface area (Å²) in [4.78, 5) is 31.8. The van der Waals surface area contributed by atoms with Gasteiger partial charge in [0.25, 0.3) is 0 Å². The van der Waals surface area contributed by atoms with Crippen LogP contribution in [-0.4, -0.2) is 44.9 Å². The zero-order valence-corrected chi connectivity index (χ0v) is 19.5. The number of benzene rings is 2. The number of aryl methyl sites for hydroxylation is 1. The molecule has 6 bridgehead atoms. The topological polar surface area (TPSA) is 80.6 Å². The molecule has 0 radical (unpaired) electrons. The number of ether oxygens (including phenoxy) is 1. The monoisotopic (exact) mass is 469 g/mol. The Bertz CT molecular complexity index is 1330. The van der Waals surface area contributed by atoms with E-state index in [0.717, 1.165) is 47.5 Å². The van der Waals surface area contributed by atoms with Crippen LogP contribution >= 0.6 is 0 Å². The molecular formula is C27H27N5O3. The van der Waals surface area contributed by atoms with Crippen molar-refractivity contribution < 1.29 is 14.3 Å². The molecule has 7 rings (SSSR count). The summed E-state index contributed by atoms with van der Waals surface area (Å²) in [5.74, 6) is 1.04. The number of carbonyl (C=O) groups excluding carboxylic acids is 2. The lowest BCUT2D eigenvalue weighted by molar-refractivity contribution is -0.135. The molecule has 2 aromatic carbocycles. The molecule has 1 aromatic heterocycles. The summed E-state index contributed by atoms with van der Waals surface area (Å²) < 4.78 is 7.90. The lowest BCUT2D eigenvalue weighted by Crippen LogP contribution is -2.45. The highest BCUT2D eigenvalue weighted by atomic mass is 16.5. The lowest BCUT2D eigenvalue weighted by Gasteiger charge is -2.35. The van der Waals surface area contributed by atoms with E-state index >= 15 is 0 Å². The van der Waals surface area contributed by atoms with Crippen LogP contribution in [0.3, 0.4) is 0 Å². The summed E-state index contributed by atoms with van der Waals surface area (Å²) in [5, 5.41) is 8.61. The number of fused-ring (bicyclic) bond motifs is 8. The van der Waals surface area contributed by atoms with Gasteiger partial charge in [-0.3, -0.25) is 14.3 Å². The molecule has 8 nitrogen and oxygen atoms in total. The van der Waals surface area contributed by atoms with E-state index in [2.05, 4.69) is 16.4 Å². The summed E-state index contributed by atoms with van der Waals surface area (Å²) in [5.41, 5.74) is 2.76. The summed E-state index contributed by atoms with van der Waals surface area (Å²) >= 11 is 0. The van der Waals surface area contributed by atoms with E-state index in [0.29, 0.717) is 32.7 Å². The van der Waals surface area contributed by atoms with Crippen LogP contribution in [0.25, 0.3) is 0 Å². The van der Waals surface area contributed by atoms with E-state index in [4.69, 9.17) is 4.74 Å². The Morgan fingerprint density at radius 1 is 1.09 bits per heavy atom. The predicted molar refractivity (Wildman–Crippen MR) is 128 cm³/mol. The minimum atomic E-state index is -0.837. The van der Waals surface area contributed by atoms with Crippen LogP contribution < -0.4 is 9.64 Å². The van der Waals surface area contributed by atoms with Crippen molar-refractivity contribution in [2.24, 2.45) is 5.92 Å². The van der Waals surface area contributed by atoms with E-state index in [1.165, 1.54) is 0 Å². The molecule has 2 fully saturated rings. The minimum absolute atomic E-state index is 0.0329. The van der Waals surface area contributed by atoms with Crippen LogP contribution in [0.5, 0.6) is 5.75 Å². The van der Waals surface area contributed by atoms with E-state index in [9.17, 15) is 9.59 Å². The van der Waals surface area contributed by atoms with Crippen molar-refractivity contribution in [3.63, 3.8) is 0 Å². The molecule has 4 aliphatic rings. The average Bonchev–Trinajstić information content (AvgIpc) is 3.44. The van der Waals surface area contributed by atoms with Crippen molar-refractivity contribution in [1.29, 1.82) is 0 Å². The largest absolute Gasteiger partial charge is 0.494 e. The molecule has 1 saturated heterocycles. The van der Waals surface area contributed by atoms with Gasteiger partial charge in [0.2, 0.25) is 11.8 Å². The second kappa shape index (κ2) is 7.66. The zero-order chi connectivity index (χ0) is 23.6. The Balaban J connectivity index is 1.43. The van der Waals surface area contributed by atoms with Gasteiger partial charge in [0.05, 0.1) is 25.4 Å². The zero-order valence-electron chi connectivity index (χ0n) is 19.5.